The zero-order chi connectivity index (χ0) is 16.8. The van der Waals surface area contributed by atoms with Crippen molar-refractivity contribution in [2.75, 3.05) is 31.1 Å². The maximum Gasteiger partial charge on any atom is 0.146 e. The Morgan fingerprint density at radius 1 is 1.25 bits per heavy atom. The number of likely N-dealkylation sites (tertiary alicyclic amines) is 1. The summed E-state index contributed by atoms with van der Waals surface area (Å²) in [4.78, 5) is 9.21. The summed E-state index contributed by atoms with van der Waals surface area (Å²) in [5, 5.41) is 9.30. The summed E-state index contributed by atoms with van der Waals surface area (Å²) in [6, 6.07) is 16.6. The highest BCUT2D eigenvalue weighted by Crippen LogP contribution is 2.23. The summed E-state index contributed by atoms with van der Waals surface area (Å²) >= 11 is 0. The molecule has 1 saturated heterocycles. The van der Waals surface area contributed by atoms with Gasteiger partial charge in [0.05, 0.1) is 5.56 Å². The molecule has 1 aliphatic heterocycles. The number of benzene rings is 1. The van der Waals surface area contributed by atoms with Crippen molar-refractivity contribution in [1.29, 1.82) is 5.26 Å². The van der Waals surface area contributed by atoms with Gasteiger partial charge in [0.1, 0.15) is 11.9 Å². The van der Waals surface area contributed by atoms with Gasteiger partial charge in [-0.15, -0.1) is 0 Å². The number of nitriles is 1. The van der Waals surface area contributed by atoms with Crippen molar-refractivity contribution < 1.29 is 0 Å². The maximum atomic E-state index is 9.30. The summed E-state index contributed by atoms with van der Waals surface area (Å²) in [5.41, 5.74) is 2.04. The van der Waals surface area contributed by atoms with E-state index >= 15 is 0 Å². The van der Waals surface area contributed by atoms with Crippen molar-refractivity contribution in [1.82, 2.24) is 9.88 Å². The average Bonchev–Trinajstić information content (AvgIpc) is 3.07. The van der Waals surface area contributed by atoms with Crippen LogP contribution in [0.4, 0.5) is 5.82 Å². The van der Waals surface area contributed by atoms with Crippen LogP contribution in [0.15, 0.2) is 48.7 Å². The maximum absolute atomic E-state index is 9.30. The minimum absolute atomic E-state index is 0.627. The van der Waals surface area contributed by atoms with Gasteiger partial charge in [-0.25, -0.2) is 4.98 Å². The fourth-order valence-corrected chi connectivity index (χ4v) is 3.46. The molecule has 0 bridgehead atoms. The third kappa shape index (κ3) is 3.93. The average molecular weight is 320 g/mol. The van der Waals surface area contributed by atoms with E-state index in [9.17, 15) is 5.26 Å². The Labute approximate surface area is 144 Å². The second-order valence-electron chi connectivity index (χ2n) is 6.40. The molecule has 4 nitrogen and oxygen atoms in total. The number of pyridine rings is 1. The van der Waals surface area contributed by atoms with Crippen LogP contribution < -0.4 is 4.90 Å². The molecular formula is C20H24N4. The molecule has 1 unspecified atom stereocenters. The Bertz CT molecular complexity index is 692. The lowest BCUT2D eigenvalue weighted by atomic mass is 10.1. The van der Waals surface area contributed by atoms with Gasteiger partial charge in [0, 0.05) is 32.4 Å². The Morgan fingerprint density at radius 2 is 2.08 bits per heavy atom. The third-order valence-corrected chi connectivity index (χ3v) is 4.69. The van der Waals surface area contributed by atoms with E-state index in [1.165, 1.54) is 12.0 Å². The first-order valence-electron chi connectivity index (χ1n) is 8.66. The minimum Gasteiger partial charge on any atom is -0.355 e. The normalized spacial score (nSPS) is 17.6. The molecule has 0 spiro atoms. The van der Waals surface area contributed by atoms with E-state index < -0.39 is 0 Å². The molecule has 4 heteroatoms. The fourth-order valence-electron chi connectivity index (χ4n) is 3.46. The van der Waals surface area contributed by atoms with E-state index in [-0.39, 0.29) is 0 Å². The lowest BCUT2D eigenvalue weighted by molar-refractivity contribution is 0.317. The molecular weight excluding hydrogens is 296 g/mol. The molecule has 0 aliphatic carbocycles. The first-order chi connectivity index (χ1) is 11.8. The van der Waals surface area contributed by atoms with E-state index in [0.717, 1.165) is 38.5 Å². The van der Waals surface area contributed by atoms with Crippen LogP contribution in [0.25, 0.3) is 0 Å². The van der Waals surface area contributed by atoms with Gasteiger partial charge in [0.25, 0.3) is 0 Å². The highest BCUT2D eigenvalue weighted by molar-refractivity contribution is 5.53. The first-order valence-corrected chi connectivity index (χ1v) is 8.66. The molecule has 0 N–H and O–H groups in total. The highest BCUT2D eigenvalue weighted by atomic mass is 15.2. The topological polar surface area (TPSA) is 43.2 Å². The summed E-state index contributed by atoms with van der Waals surface area (Å²) in [7, 11) is 0. The highest BCUT2D eigenvalue weighted by Gasteiger charge is 2.25. The van der Waals surface area contributed by atoms with Crippen LogP contribution in [-0.4, -0.2) is 36.1 Å². The smallest absolute Gasteiger partial charge is 0.146 e. The Balaban J connectivity index is 1.60. The Kier molecular flexibility index (Phi) is 5.45. The van der Waals surface area contributed by atoms with Crippen LogP contribution in [0, 0.1) is 17.2 Å². The van der Waals surface area contributed by atoms with Crippen LogP contribution in [0.3, 0.4) is 0 Å². The molecule has 2 aromatic rings. The number of hydrogen-bond donors (Lipinski definition) is 0. The summed E-state index contributed by atoms with van der Waals surface area (Å²) in [5.74, 6) is 1.45. The molecule has 1 aromatic carbocycles. The molecule has 3 rings (SSSR count). The quantitative estimate of drug-likeness (QED) is 0.819. The van der Waals surface area contributed by atoms with E-state index in [0.29, 0.717) is 11.5 Å². The molecule has 1 atom stereocenters. The zero-order valence-electron chi connectivity index (χ0n) is 14.2. The Hall–Kier alpha value is -2.38. The van der Waals surface area contributed by atoms with Gasteiger partial charge >= 0.3 is 0 Å². The summed E-state index contributed by atoms with van der Waals surface area (Å²) < 4.78 is 0. The van der Waals surface area contributed by atoms with E-state index in [1.807, 2.05) is 12.1 Å². The SMILES string of the molecule is CCN(CC1CCN(Cc2ccccc2)C1)c1ncccc1C#N. The van der Waals surface area contributed by atoms with Gasteiger partial charge in [0.2, 0.25) is 0 Å². The molecule has 2 heterocycles. The molecule has 0 amide bonds. The van der Waals surface area contributed by atoms with Crippen molar-refractivity contribution >= 4 is 5.82 Å². The second-order valence-corrected chi connectivity index (χ2v) is 6.40. The molecule has 1 fully saturated rings. The molecule has 0 saturated carbocycles. The van der Waals surface area contributed by atoms with Crippen LogP contribution >= 0.6 is 0 Å². The van der Waals surface area contributed by atoms with Gasteiger partial charge in [-0.1, -0.05) is 30.3 Å². The predicted octanol–water partition coefficient (Wildman–Crippen LogP) is 3.30. The van der Waals surface area contributed by atoms with Crippen molar-refractivity contribution in [3.8, 4) is 6.07 Å². The number of hydrogen-bond acceptors (Lipinski definition) is 4. The van der Waals surface area contributed by atoms with E-state index in [1.54, 1.807) is 6.20 Å². The molecule has 124 valence electrons. The monoisotopic (exact) mass is 320 g/mol. The molecule has 1 aromatic heterocycles. The molecule has 24 heavy (non-hydrogen) atoms. The number of aromatic nitrogens is 1. The van der Waals surface area contributed by atoms with Gasteiger partial charge in [-0.2, -0.15) is 5.26 Å². The van der Waals surface area contributed by atoms with E-state index in [2.05, 4.69) is 58.1 Å². The van der Waals surface area contributed by atoms with Crippen LogP contribution in [-0.2, 0) is 6.54 Å². The predicted molar refractivity (Wildman–Crippen MR) is 96.7 cm³/mol. The van der Waals surface area contributed by atoms with Crippen molar-refractivity contribution in [3.63, 3.8) is 0 Å². The summed E-state index contributed by atoms with van der Waals surface area (Å²) in [6.07, 6.45) is 2.98. The molecule has 1 aliphatic rings. The van der Waals surface area contributed by atoms with Crippen molar-refractivity contribution in [2.24, 2.45) is 5.92 Å². The lowest BCUT2D eigenvalue weighted by Crippen LogP contribution is -2.32. The molecule has 0 radical (unpaired) electrons. The second kappa shape index (κ2) is 7.94. The minimum atomic E-state index is 0.627. The van der Waals surface area contributed by atoms with Gasteiger partial charge in [-0.05, 0) is 43.5 Å². The summed E-state index contributed by atoms with van der Waals surface area (Å²) in [6.45, 7) is 7.25. The van der Waals surface area contributed by atoms with Crippen LogP contribution in [0.5, 0.6) is 0 Å². The Morgan fingerprint density at radius 3 is 2.83 bits per heavy atom. The van der Waals surface area contributed by atoms with Gasteiger partial charge in [-0.3, -0.25) is 4.90 Å². The standard InChI is InChI=1S/C20H24N4/c1-2-24(20-19(13-21)9-6-11-22-20)16-18-10-12-23(15-18)14-17-7-4-3-5-8-17/h3-9,11,18H,2,10,12,14-16H2,1H3. The lowest BCUT2D eigenvalue weighted by Gasteiger charge is -2.26. The van der Waals surface area contributed by atoms with Crippen molar-refractivity contribution in [3.05, 3.63) is 59.8 Å². The van der Waals surface area contributed by atoms with Crippen LogP contribution in [0.1, 0.15) is 24.5 Å². The largest absolute Gasteiger partial charge is 0.355 e. The third-order valence-electron chi connectivity index (χ3n) is 4.69. The number of rotatable bonds is 6. The van der Waals surface area contributed by atoms with Crippen molar-refractivity contribution in [2.45, 2.75) is 19.9 Å². The van der Waals surface area contributed by atoms with Gasteiger partial charge < -0.3 is 4.90 Å². The van der Waals surface area contributed by atoms with E-state index in [4.69, 9.17) is 0 Å². The first kappa shape index (κ1) is 16.5. The number of anilines is 1. The fraction of sp³-hybridized carbons (Fsp3) is 0.400. The van der Waals surface area contributed by atoms with Crippen LogP contribution in [0.2, 0.25) is 0 Å². The number of nitrogens with zero attached hydrogens (tertiary/aromatic N) is 4. The van der Waals surface area contributed by atoms with Gasteiger partial charge in [0.15, 0.2) is 0 Å². The zero-order valence-corrected chi connectivity index (χ0v) is 14.2.